The Morgan fingerprint density at radius 2 is 1.48 bits per heavy atom. The number of fused-ring (bicyclic) bond motifs is 1. The third-order valence-corrected chi connectivity index (χ3v) is 5.02. The molecule has 0 fully saturated rings. The SMILES string of the molecule is Cc1cc(C)cc(NS(=O)(=O)c2ccc3c(c2)NC(=O)CC(=O)N3)c1. The van der Waals surface area contributed by atoms with Crippen molar-refractivity contribution in [2.75, 3.05) is 15.4 Å². The molecule has 2 aromatic carbocycles. The van der Waals surface area contributed by atoms with E-state index in [0.717, 1.165) is 11.1 Å². The molecule has 7 nitrogen and oxygen atoms in total. The first kappa shape index (κ1) is 17.0. The number of sulfonamides is 1. The molecule has 8 heteroatoms. The van der Waals surface area contributed by atoms with Crippen molar-refractivity contribution in [3.63, 3.8) is 0 Å². The number of benzene rings is 2. The number of anilines is 3. The lowest BCUT2D eigenvalue weighted by Gasteiger charge is -2.12. The number of rotatable bonds is 3. The van der Waals surface area contributed by atoms with E-state index < -0.39 is 21.8 Å². The van der Waals surface area contributed by atoms with Crippen LogP contribution < -0.4 is 15.4 Å². The molecule has 1 heterocycles. The first-order chi connectivity index (χ1) is 11.7. The molecule has 2 aromatic rings. The second-order valence-corrected chi connectivity index (χ2v) is 7.64. The highest BCUT2D eigenvalue weighted by atomic mass is 32.2. The molecule has 1 aliphatic rings. The lowest BCUT2D eigenvalue weighted by molar-refractivity contribution is -0.123. The summed E-state index contributed by atoms with van der Waals surface area (Å²) in [6, 6.07) is 9.56. The van der Waals surface area contributed by atoms with Crippen LogP contribution in [0, 0.1) is 13.8 Å². The largest absolute Gasteiger partial charge is 0.324 e. The van der Waals surface area contributed by atoms with Crippen molar-refractivity contribution >= 4 is 38.9 Å². The molecule has 3 rings (SSSR count). The van der Waals surface area contributed by atoms with Gasteiger partial charge in [-0.15, -0.1) is 0 Å². The number of carbonyl (C=O) groups is 2. The Morgan fingerprint density at radius 3 is 2.12 bits per heavy atom. The van der Waals surface area contributed by atoms with Gasteiger partial charge in [0.15, 0.2) is 0 Å². The van der Waals surface area contributed by atoms with Crippen LogP contribution in [0.25, 0.3) is 0 Å². The van der Waals surface area contributed by atoms with E-state index in [1.165, 1.54) is 18.2 Å². The van der Waals surface area contributed by atoms with Gasteiger partial charge in [-0.05, 0) is 55.3 Å². The lowest BCUT2D eigenvalue weighted by atomic mass is 10.1. The molecule has 0 atom stereocenters. The van der Waals surface area contributed by atoms with Crippen LogP contribution in [0.5, 0.6) is 0 Å². The van der Waals surface area contributed by atoms with E-state index in [1.54, 1.807) is 12.1 Å². The topological polar surface area (TPSA) is 104 Å². The molecule has 3 N–H and O–H groups in total. The first-order valence-electron chi connectivity index (χ1n) is 7.58. The number of nitrogens with one attached hydrogen (secondary N) is 3. The van der Waals surface area contributed by atoms with Crippen LogP contribution in [0.2, 0.25) is 0 Å². The fourth-order valence-corrected chi connectivity index (χ4v) is 3.75. The lowest BCUT2D eigenvalue weighted by Crippen LogP contribution is -2.16. The monoisotopic (exact) mass is 359 g/mol. The highest BCUT2D eigenvalue weighted by Gasteiger charge is 2.22. The van der Waals surface area contributed by atoms with E-state index in [9.17, 15) is 18.0 Å². The molecule has 2 amide bonds. The summed E-state index contributed by atoms with van der Waals surface area (Å²) >= 11 is 0. The zero-order chi connectivity index (χ0) is 18.2. The fourth-order valence-electron chi connectivity index (χ4n) is 2.69. The standard InChI is InChI=1S/C17H17N3O4S/c1-10-5-11(2)7-12(6-10)20-25(23,24)13-3-4-14-15(8-13)19-17(22)9-16(21)18-14/h3-8,20H,9H2,1-2H3,(H,18,21)(H,19,22). The maximum Gasteiger partial charge on any atom is 0.261 e. The molecule has 0 aliphatic carbocycles. The zero-order valence-electron chi connectivity index (χ0n) is 13.7. The number of carbonyl (C=O) groups excluding carboxylic acids is 2. The molecule has 0 saturated heterocycles. The normalized spacial score (nSPS) is 14.2. The molecule has 25 heavy (non-hydrogen) atoms. The summed E-state index contributed by atoms with van der Waals surface area (Å²) in [5, 5.41) is 5.09. The van der Waals surface area contributed by atoms with Crippen LogP contribution in [0.15, 0.2) is 41.3 Å². The molecule has 0 unspecified atom stereocenters. The second kappa shape index (κ2) is 6.21. The van der Waals surface area contributed by atoms with Crippen molar-refractivity contribution in [3.05, 3.63) is 47.5 Å². The van der Waals surface area contributed by atoms with Gasteiger partial charge in [0.1, 0.15) is 6.42 Å². The Labute approximate surface area is 145 Å². The van der Waals surface area contributed by atoms with E-state index in [0.29, 0.717) is 11.4 Å². The van der Waals surface area contributed by atoms with Crippen LogP contribution in [-0.4, -0.2) is 20.2 Å². The first-order valence-corrected chi connectivity index (χ1v) is 9.06. The van der Waals surface area contributed by atoms with Crippen molar-refractivity contribution in [1.29, 1.82) is 0 Å². The third kappa shape index (κ3) is 3.80. The summed E-state index contributed by atoms with van der Waals surface area (Å²) in [6.45, 7) is 3.76. The van der Waals surface area contributed by atoms with Crippen LogP contribution in [-0.2, 0) is 19.6 Å². The van der Waals surface area contributed by atoms with Gasteiger partial charge in [0, 0.05) is 5.69 Å². The molecule has 1 aliphatic heterocycles. The maximum absolute atomic E-state index is 12.6. The molecule has 0 spiro atoms. The molecular formula is C17H17N3O4S. The predicted molar refractivity (Wildman–Crippen MR) is 95.0 cm³/mol. The predicted octanol–water partition coefficient (Wildman–Crippen LogP) is 2.38. The Kier molecular flexibility index (Phi) is 4.22. The summed E-state index contributed by atoms with van der Waals surface area (Å²) in [5.74, 6) is -0.937. The van der Waals surface area contributed by atoms with Gasteiger partial charge in [0.05, 0.1) is 16.3 Å². The smallest absolute Gasteiger partial charge is 0.261 e. The minimum absolute atomic E-state index is 0.0122. The second-order valence-electron chi connectivity index (χ2n) is 5.96. The van der Waals surface area contributed by atoms with E-state index in [1.807, 2.05) is 19.9 Å². The van der Waals surface area contributed by atoms with Crippen molar-refractivity contribution in [2.45, 2.75) is 25.2 Å². The average Bonchev–Trinajstić information content (AvgIpc) is 2.60. The fraction of sp³-hybridized carbons (Fsp3) is 0.176. The minimum Gasteiger partial charge on any atom is -0.324 e. The van der Waals surface area contributed by atoms with Gasteiger partial charge >= 0.3 is 0 Å². The quantitative estimate of drug-likeness (QED) is 0.732. The molecule has 130 valence electrons. The molecule has 0 saturated carbocycles. The van der Waals surface area contributed by atoms with E-state index in [-0.39, 0.29) is 17.0 Å². The van der Waals surface area contributed by atoms with Crippen LogP contribution >= 0.6 is 0 Å². The molecule has 0 bridgehead atoms. The van der Waals surface area contributed by atoms with Crippen molar-refractivity contribution < 1.29 is 18.0 Å². The van der Waals surface area contributed by atoms with Gasteiger partial charge in [-0.25, -0.2) is 8.42 Å². The Morgan fingerprint density at radius 1 is 0.880 bits per heavy atom. The van der Waals surface area contributed by atoms with Crippen LogP contribution in [0.1, 0.15) is 17.5 Å². The van der Waals surface area contributed by atoms with Gasteiger partial charge in [0.2, 0.25) is 11.8 Å². The Balaban J connectivity index is 1.95. The molecule has 0 radical (unpaired) electrons. The minimum atomic E-state index is -3.84. The number of hydrogen-bond donors (Lipinski definition) is 3. The highest BCUT2D eigenvalue weighted by molar-refractivity contribution is 7.92. The molecular weight excluding hydrogens is 342 g/mol. The van der Waals surface area contributed by atoms with E-state index in [2.05, 4.69) is 15.4 Å². The maximum atomic E-state index is 12.6. The van der Waals surface area contributed by atoms with Crippen molar-refractivity contribution in [2.24, 2.45) is 0 Å². The Hall–Kier alpha value is -2.87. The zero-order valence-corrected chi connectivity index (χ0v) is 14.5. The number of amides is 2. The van der Waals surface area contributed by atoms with Crippen molar-refractivity contribution in [1.82, 2.24) is 0 Å². The van der Waals surface area contributed by atoms with E-state index >= 15 is 0 Å². The third-order valence-electron chi connectivity index (χ3n) is 3.64. The van der Waals surface area contributed by atoms with Gasteiger partial charge in [-0.1, -0.05) is 6.07 Å². The summed E-state index contributed by atoms with van der Waals surface area (Å²) in [4.78, 5) is 23.2. The van der Waals surface area contributed by atoms with E-state index in [4.69, 9.17) is 0 Å². The van der Waals surface area contributed by atoms with Crippen LogP contribution in [0.3, 0.4) is 0 Å². The highest BCUT2D eigenvalue weighted by Crippen LogP contribution is 2.29. The number of aryl methyl sites for hydroxylation is 2. The molecule has 0 aromatic heterocycles. The Bertz CT molecular complexity index is 963. The van der Waals surface area contributed by atoms with Gasteiger partial charge in [-0.2, -0.15) is 0 Å². The summed E-state index contributed by atoms with van der Waals surface area (Å²) < 4.78 is 27.8. The summed E-state index contributed by atoms with van der Waals surface area (Å²) in [7, 11) is -3.84. The van der Waals surface area contributed by atoms with Gasteiger partial charge < -0.3 is 10.6 Å². The average molecular weight is 359 g/mol. The number of hydrogen-bond acceptors (Lipinski definition) is 4. The van der Waals surface area contributed by atoms with Crippen LogP contribution in [0.4, 0.5) is 17.1 Å². The summed E-state index contributed by atoms with van der Waals surface area (Å²) in [6.07, 6.45) is -0.308. The van der Waals surface area contributed by atoms with Gasteiger partial charge in [0.25, 0.3) is 10.0 Å². The van der Waals surface area contributed by atoms with Crippen molar-refractivity contribution in [3.8, 4) is 0 Å². The van der Waals surface area contributed by atoms with Gasteiger partial charge in [-0.3, -0.25) is 14.3 Å². The summed E-state index contributed by atoms with van der Waals surface area (Å²) in [5.41, 5.74) is 2.95.